The first-order chi connectivity index (χ1) is 15.5. The Morgan fingerprint density at radius 2 is 1.97 bits per heavy atom. The number of nitrogens with zero attached hydrogens (tertiary/aromatic N) is 2. The lowest BCUT2D eigenvalue weighted by Crippen LogP contribution is -2.40. The van der Waals surface area contributed by atoms with Gasteiger partial charge in [0.05, 0.1) is 24.7 Å². The zero-order chi connectivity index (χ0) is 22.4. The molecule has 1 aliphatic carbocycles. The van der Waals surface area contributed by atoms with Crippen molar-refractivity contribution in [1.29, 1.82) is 0 Å². The van der Waals surface area contributed by atoms with E-state index in [1.54, 1.807) is 31.4 Å². The quantitative estimate of drug-likeness (QED) is 0.658. The van der Waals surface area contributed by atoms with Crippen LogP contribution >= 0.6 is 11.3 Å². The average molecular weight is 454 g/mol. The van der Waals surface area contributed by atoms with Gasteiger partial charge in [-0.25, -0.2) is 9.36 Å². The van der Waals surface area contributed by atoms with Crippen molar-refractivity contribution in [2.45, 2.75) is 45.6 Å². The third kappa shape index (κ3) is 3.56. The van der Waals surface area contributed by atoms with Crippen LogP contribution in [0.2, 0.25) is 0 Å². The van der Waals surface area contributed by atoms with Crippen LogP contribution in [0.5, 0.6) is 5.75 Å². The van der Waals surface area contributed by atoms with Crippen molar-refractivity contribution in [2.75, 3.05) is 13.7 Å². The average Bonchev–Trinajstić information content (AvgIpc) is 3.16. The molecule has 3 aromatic rings. The number of H-pyrrole nitrogens is 1. The fourth-order valence-corrected chi connectivity index (χ4v) is 6.26. The van der Waals surface area contributed by atoms with Gasteiger partial charge in [-0.2, -0.15) is 0 Å². The summed E-state index contributed by atoms with van der Waals surface area (Å²) in [7, 11) is 1.55. The summed E-state index contributed by atoms with van der Waals surface area (Å²) in [5.41, 5.74) is 0.634. The van der Waals surface area contributed by atoms with E-state index >= 15 is 0 Å². The molecule has 0 spiro atoms. The van der Waals surface area contributed by atoms with Gasteiger partial charge in [0, 0.05) is 23.4 Å². The monoisotopic (exact) mass is 453 g/mol. The van der Waals surface area contributed by atoms with E-state index in [2.05, 4.69) is 11.9 Å². The van der Waals surface area contributed by atoms with Crippen LogP contribution in [0.15, 0.2) is 33.9 Å². The molecule has 1 saturated carbocycles. The van der Waals surface area contributed by atoms with Gasteiger partial charge in [-0.15, -0.1) is 11.3 Å². The molecule has 2 aromatic heterocycles. The second-order valence-electron chi connectivity index (χ2n) is 8.95. The molecule has 1 fully saturated rings. The summed E-state index contributed by atoms with van der Waals surface area (Å²) in [5, 5.41) is 0.561. The number of fused-ring (bicyclic) bond motifs is 3. The molecule has 32 heavy (non-hydrogen) atoms. The van der Waals surface area contributed by atoms with Crippen LogP contribution in [0.4, 0.5) is 0 Å². The summed E-state index contributed by atoms with van der Waals surface area (Å²) >= 11 is 1.42. The van der Waals surface area contributed by atoms with Crippen molar-refractivity contribution in [3.05, 3.63) is 55.5 Å². The van der Waals surface area contributed by atoms with Gasteiger partial charge in [-0.3, -0.25) is 14.6 Å². The Morgan fingerprint density at radius 1 is 1.19 bits per heavy atom. The normalized spacial score (nSPS) is 20.9. The van der Waals surface area contributed by atoms with Gasteiger partial charge in [0.2, 0.25) is 5.91 Å². The number of rotatable bonds is 3. The first kappa shape index (κ1) is 21.0. The molecule has 2 aliphatic rings. The molecule has 1 amide bonds. The summed E-state index contributed by atoms with van der Waals surface area (Å²) in [6, 6.07) is 6.91. The van der Waals surface area contributed by atoms with Crippen LogP contribution in [0.25, 0.3) is 15.9 Å². The number of carbonyl (C=O) groups is 1. The molecule has 3 heterocycles. The van der Waals surface area contributed by atoms with Crippen LogP contribution in [0.1, 0.15) is 43.0 Å². The van der Waals surface area contributed by atoms with Gasteiger partial charge in [-0.1, -0.05) is 13.0 Å². The molecule has 1 aromatic carbocycles. The fraction of sp³-hybridized carbons (Fsp3) is 0.458. The number of aromatic nitrogens is 2. The predicted molar refractivity (Wildman–Crippen MR) is 125 cm³/mol. The lowest BCUT2D eigenvalue weighted by molar-refractivity contribution is -0.137. The molecule has 168 valence electrons. The van der Waals surface area contributed by atoms with Crippen molar-refractivity contribution in [1.82, 2.24) is 14.5 Å². The van der Waals surface area contributed by atoms with Crippen molar-refractivity contribution in [2.24, 2.45) is 11.8 Å². The Morgan fingerprint density at radius 3 is 2.72 bits per heavy atom. The highest BCUT2D eigenvalue weighted by atomic mass is 32.1. The number of carbonyl (C=O) groups excluding carboxylic acids is 1. The Kier molecular flexibility index (Phi) is 5.41. The van der Waals surface area contributed by atoms with Crippen molar-refractivity contribution >= 4 is 27.5 Å². The summed E-state index contributed by atoms with van der Waals surface area (Å²) in [4.78, 5) is 45.7. The smallest absolute Gasteiger partial charge is 0.334 e. The first-order valence-corrected chi connectivity index (χ1v) is 12.0. The van der Waals surface area contributed by atoms with Gasteiger partial charge in [0.1, 0.15) is 10.6 Å². The fourth-order valence-electron chi connectivity index (χ4n) is 5.01. The molecular formula is C24H27N3O4S. The SMILES string of the molecule is COc1cccc(-n2c(=O)[nH]c3sc4c(c3c2=O)CCN(C(=O)C2CCC(C)CC2)C4)c1. The van der Waals surface area contributed by atoms with Gasteiger partial charge in [0.15, 0.2) is 0 Å². The second-order valence-corrected chi connectivity index (χ2v) is 10.1. The summed E-state index contributed by atoms with van der Waals surface area (Å²) < 4.78 is 6.41. The largest absolute Gasteiger partial charge is 0.497 e. The Balaban J connectivity index is 1.50. The number of hydrogen-bond donors (Lipinski definition) is 1. The molecule has 0 atom stereocenters. The number of amides is 1. The van der Waals surface area contributed by atoms with Crippen LogP contribution in [-0.4, -0.2) is 34.0 Å². The zero-order valence-corrected chi connectivity index (χ0v) is 19.2. The predicted octanol–water partition coefficient (Wildman–Crippen LogP) is 3.46. The van der Waals surface area contributed by atoms with Crippen molar-refractivity contribution in [3.63, 3.8) is 0 Å². The van der Waals surface area contributed by atoms with Crippen LogP contribution < -0.4 is 16.0 Å². The third-order valence-electron chi connectivity index (χ3n) is 6.89. The molecule has 0 saturated heterocycles. The highest BCUT2D eigenvalue weighted by Crippen LogP contribution is 2.35. The first-order valence-electron chi connectivity index (χ1n) is 11.2. The number of thiophene rings is 1. The minimum Gasteiger partial charge on any atom is -0.497 e. The maximum atomic E-state index is 13.4. The minimum absolute atomic E-state index is 0.118. The van der Waals surface area contributed by atoms with E-state index in [0.29, 0.717) is 47.1 Å². The van der Waals surface area contributed by atoms with E-state index in [-0.39, 0.29) is 17.4 Å². The van der Waals surface area contributed by atoms with Crippen molar-refractivity contribution in [3.8, 4) is 11.4 Å². The Hall–Kier alpha value is -2.87. The topological polar surface area (TPSA) is 84.4 Å². The molecular weight excluding hydrogens is 426 g/mol. The molecule has 0 bridgehead atoms. The second kappa shape index (κ2) is 8.24. The molecule has 8 heteroatoms. The Labute approximate surface area is 189 Å². The summed E-state index contributed by atoms with van der Waals surface area (Å²) in [5.74, 6) is 1.64. The minimum atomic E-state index is -0.474. The molecule has 5 rings (SSSR count). The maximum Gasteiger partial charge on any atom is 0.334 e. The van der Waals surface area contributed by atoms with E-state index in [0.717, 1.165) is 36.1 Å². The van der Waals surface area contributed by atoms with E-state index < -0.39 is 5.69 Å². The number of benzene rings is 1. The number of ether oxygens (including phenoxy) is 1. The standard InChI is InChI=1S/C24H27N3O4S/c1-14-6-8-15(9-7-14)22(28)26-11-10-18-19(13-26)32-21-20(18)23(29)27(24(30)25-21)16-4-3-5-17(12-16)31-2/h3-5,12,14-15H,6-11,13H2,1-2H3,(H,25,30). The number of aromatic amines is 1. The van der Waals surface area contributed by atoms with Crippen molar-refractivity contribution < 1.29 is 9.53 Å². The summed E-state index contributed by atoms with van der Waals surface area (Å²) in [6.07, 6.45) is 4.79. The number of nitrogens with one attached hydrogen (secondary N) is 1. The van der Waals surface area contributed by atoms with E-state index in [1.807, 2.05) is 4.90 Å². The van der Waals surface area contributed by atoms with E-state index in [1.165, 1.54) is 15.9 Å². The van der Waals surface area contributed by atoms with Gasteiger partial charge in [0.25, 0.3) is 5.56 Å². The molecule has 0 radical (unpaired) electrons. The van der Waals surface area contributed by atoms with Gasteiger partial charge >= 0.3 is 5.69 Å². The Bertz CT molecular complexity index is 1300. The molecule has 1 N–H and O–H groups in total. The van der Waals surface area contributed by atoms with Gasteiger partial charge < -0.3 is 9.64 Å². The van der Waals surface area contributed by atoms with Gasteiger partial charge in [-0.05, 0) is 55.7 Å². The van der Waals surface area contributed by atoms with Crippen LogP contribution in [-0.2, 0) is 17.8 Å². The number of hydrogen-bond acceptors (Lipinski definition) is 5. The zero-order valence-electron chi connectivity index (χ0n) is 18.3. The molecule has 1 aliphatic heterocycles. The number of methoxy groups -OCH3 is 1. The highest BCUT2D eigenvalue weighted by molar-refractivity contribution is 7.18. The van der Waals surface area contributed by atoms with Crippen LogP contribution in [0.3, 0.4) is 0 Å². The summed E-state index contributed by atoms with van der Waals surface area (Å²) in [6.45, 7) is 3.38. The molecule has 7 nitrogen and oxygen atoms in total. The maximum absolute atomic E-state index is 13.4. The lowest BCUT2D eigenvalue weighted by Gasteiger charge is -2.33. The molecule has 0 unspecified atom stereocenters. The van der Waals surface area contributed by atoms with E-state index in [4.69, 9.17) is 4.74 Å². The van der Waals surface area contributed by atoms with Crippen LogP contribution in [0, 0.1) is 11.8 Å². The lowest BCUT2D eigenvalue weighted by atomic mass is 9.82. The highest BCUT2D eigenvalue weighted by Gasteiger charge is 2.32. The third-order valence-corrected chi connectivity index (χ3v) is 8.02. The van der Waals surface area contributed by atoms with E-state index in [9.17, 15) is 14.4 Å².